The van der Waals surface area contributed by atoms with E-state index in [4.69, 9.17) is 11.6 Å². The number of nitrogens with one attached hydrogen (secondary N) is 1. The second kappa shape index (κ2) is 6.00. The first-order valence-corrected chi connectivity index (χ1v) is 8.12. The number of benzene rings is 1. The van der Waals surface area contributed by atoms with Gasteiger partial charge in [0.05, 0.1) is 5.39 Å². The van der Waals surface area contributed by atoms with Crippen molar-refractivity contribution in [1.82, 2.24) is 9.97 Å². The first kappa shape index (κ1) is 14.3. The van der Waals surface area contributed by atoms with Crippen LogP contribution in [0.25, 0.3) is 10.2 Å². The molecule has 108 valence electrons. The maximum Gasteiger partial charge on any atom is 0.138 e. The van der Waals surface area contributed by atoms with Gasteiger partial charge in [-0.25, -0.2) is 9.97 Å². The van der Waals surface area contributed by atoms with Gasteiger partial charge >= 0.3 is 0 Å². The minimum atomic E-state index is 0.536. The van der Waals surface area contributed by atoms with Crippen molar-refractivity contribution in [3.63, 3.8) is 0 Å². The van der Waals surface area contributed by atoms with E-state index in [0.717, 1.165) is 28.1 Å². The highest BCUT2D eigenvalue weighted by molar-refractivity contribution is 7.18. The van der Waals surface area contributed by atoms with Crippen LogP contribution >= 0.6 is 22.9 Å². The average Bonchev–Trinajstić information content (AvgIpc) is 2.81. The van der Waals surface area contributed by atoms with Crippen LogP contribution in [0, 0.1) is 13.8 Å². The van der Waals surface area contributed by atoms with E-state index in [1.54, 1.807) is 17.7 Å². The lowest BCUT2D eigenvalue weighted by molar-refractivity contribution is 1.10. The standard InChI is InChI=1S/C16H16ClN3S/c1-10-11(2)21-16-14(10)15(19-9-20-16)18-8-13-5-3-4-12(6-13)7-17/h3-6,9H,7-8H2,1-2H3,(H,18,19,20). The highest BCUT2D eigenvalue weighted by atomic mass is 35.5. The molecule has 0 spiro atoms. The number of halogens is 1. The van der Waals surface area contributed by atoms with Crippen LogP contribution in [0.15, 0.2) is 30.6 Å². The van der Waals surface area contributed by atoms with E-state index in [1.165, 1.54) is 16.0 Å². The van der Waals surface area contributed by atoms with Crippen LogP contribution in [-0.4, -0.2) is 9.97 Å². The molecule has 0 radical (unpaired) electrons. The fourth-order valence-corrected chi connectivity index (χ4v) is 3.49. The van der Waals surface area contributed by atoms with Crippen molar-refractivity contribution < 1.29 is 0 Å². The lowest BCUT2D eigenvalue weighted by Gasteiger charge is -2.08. The van der Waals surface area contributed by atoms with Crippen molar-refractivity contribution in [2.45, 2.75) is 26.3 Å². The Morgan fingerprint density at radius 1 is 1.19 bits per heavy atom. The number of hydrogen-bond acceptors (Lipinski definition) is 4. The molecule has 0 aliphatic rings. The predicted molar refractivity (Wildman–Crippen MR) is 90.2 cm³/mol. The predicted octanol–water partition coefficient (Wildman–Crippen LogP) is 4.66. The van der Waals surface area contributed by atoms with Gasteiger partial charge in [0.1, 0.15) is 17.0 Å². The summed E-state index contributed by atoms with van der Waals surface area (Å²) < 4.78 is 0. The van der Waals surface area contributed by atoms with Gasteiger partial charge < -0.3 is 5.32 Å². The summed E-state index contributed by atoms with van der Waals surface area (Å²) in [4.78, 5) is 11.1. The Balaban J connectivity index is 1.88. The summed E-state index contributed by atoms with van der Waals surface area (Å²) in [6.45, 7) is 4.97. The van der Waals surface area contributed by atoms with Crippen molar-refractivity contribution in [3.8, 4) is 0 Å². The third kappa shape index (κ3) is 2.87. The van der Waals surface area contributed by atoms with Gasteiger partial charge in [-0.2, -0.15) is 0 Å². The Labute approximate surface area is 133 Å². The molecule has 0 atom stereocenters. The number of aryl methyl sites for hydroxylation is 2. The highest BCUT2D eigenvalue weighted by Crippen LogP contribution is 2.32. The molecule has 21 heavy (non-hydrogen) atoms. The van der Waals surface area contributed by atoms with Crippen molar-refractivity contribution >= 4 is 39.0 Å². The Morgan fingerprint density at radius 3 is 2.81 bits per heavy atom. The normalized spacial score (nSPS) is 11.0. The van der Waals surface area contributed by atoms with E-state index in [-0.39, 0.29) is 0 Å². The summed E-state index contributed by atoms with van der Waals surface area (Å²) in [5.74, 6) is 1.44. The lowest BCUT2D eigenvalue weighted by atomic mass is 10.1. The Morgan fingerprint density at radius 2 is 2.00 bits per heavy atom. The first-order valence-electron chi connectivity index (χ1n) is 6.77. The van der Waals surface area contributed by atoms with Crippen LogP contribution in [0.5, 0.6) is 0 Å². The number of alkyl halides is 1. The first-order chi connectivity index (χ1) is 10.2. The molecule has 0 saturated heterocycles. The molecule has 3 aromatic rings. The van der Waals surface area contributed by atoms with Crippen LogP contribution < -0.4 is 5.32 Å². The molecule has 0 amide bonds. The molecule has 1 aromatic carbocycles. The average molecular weight is 318 g/mol. The third-order valence-corrected chi connectivity index (χ3v) is 4.99. The number of aromatic nitrogens is 2. The zero-order valence-corrected chi connectivity index (χ0v) is 13.6. The quantitative estimate of drug-likeness (QED) is 0.711. The van der Waals surface area contributed by atoms with Gasteiger partial charge in [-0.1, -0.05) is 24.3 Å². The molecule has 2 heterocycles. The molecule has 3 rings (SSSR count). The molecule has 0 aliphatic heterocycles. The van der Waals surface area contributed by atoms with Crippen molar-refractivity contribution in [1.29, 1.82) is 0 Å². The minimum Gasteiger partial charge on any atom is -0.365 e. The summed E-state index contributed by atoms with van der Waals surface area (Å²) in [5, 5.41) is 4.55. The number of anilines is 1. The van der Waals surface area contributed by atoms with E-state index in [2.05, 4.69) is 41.3 Å². The SMILES string of the molecule is Cc1sc2ncnc(NCc3cccc(CCl)c3)c2c1C. The fourth-order valence-electron chi connectivity index (χ4n) is 2.32. The number of thiophene rings is 1. The van der Waals surface area contributed by atoms with E-state index >= 15 is 0 Å². The van der Waals surface area contributed by atoms with Crippen LogP contribution in [0.2, 0.25) is 0 Å². The maximum atomic E-state index is 5.88. The van der Waals surface area contributed by atoms with E-state index in [0.29, 0.717) is 5.88 Å². The largest absolute Gasteiger partial charge is 0.365 e. The van der Waals surface area contributed by atoms with Gasteiger partial charge in [-0.05, 0) is 30.5 Å². The van der Waals surface area contributed by atoms with Crippen LogP contribution in [0.3, 0.4) is 0 Å². The van der Waals surface area contributed by atoms with Gasteiger partial charge in [0.2, 0.25) is 0 Å². The summed E-state index contributed by atoms with van der Waals surface area (Å²) in [7, 11) is 0. The van der Waals surface area contributed by atoms with Crippen molar-refractivity contribution in [3.05, 3.63) is 52.2 Å². The molecule has 0 saturated carbocycles. The minimum absolute atomic E-state index is 0.536. The van der Waals surface area contributed by atoms with E-state index in [1.807, 2.05) is 12.1 Å². The molecule has 3 nitrogen and oxygen atoms in total. The second-order valence-electron chi connectivity index (χ2n) is 4.99. The summed E-state index contributed by atoms with van der Waals surface area (Å²) in [5.41, 5.74) is 3.59. The van der Waals surface area contributed by atoms with Crippen LogP contribution in [-0.2, 0) is 12.4 Å². The summed E-state index contributed by atoms with van der Waals surface area (Å²) in [6.07, 6.45) is 1.62. The van der Waals surface area contributed by atoms with Crippen LogP contribution in [0.1, 0.15) is 21.6 Å². The Bertz CT molecular complexity index is 782. The topological polar surface area (TPSA) is 37.8 Å². The van der Waals surface area contributed by atoms with Gasteiger partial charge in [0, 0.05) is 17.3 Å². The molecular formula is C16H16ClN3S. The zero-order chi connectivity index (χ0) is 14.8. The number of fused-ring (bicyclic) bond motifs is 1. The van der Waals surface area contributed by atoms with Gasteiger partial charge in [0.25, 0.3) is 0 Å². The molecular weight excluding hydrogens is 302 g/mol. The second-order valence-corrected chi connectivity index (χ2v) is 6.46. The molecule has 2 aromatic heterocycles. The monoisotopic (exact) mass is 317 g/mol. The lowest BCUT2D eigenvalue weighted by Crippen LogP contribution is -2.02. The molecule has 0 unspecified atom stereocenters. The zero-order valence-electron chi connectivity index (χ0n) is 12.0. The highest BCUT2D eigenvalue weighted by Gasteiger charge is 2.11. The Hall–Kier alpha value is -1.65. The summed E-state index contributed by atoms with van der Waals surface area (Å²) >= 11 is 7.59. The molecule has 5 heteroatoms. The van der Waals surface area contributed by atoms with Crippen molar-refractivity contribution in [2.75, 3.05) is 5.32 Å². The van der Waals surface area contributed by atoms with Gasteiger partial charge in [-0.3, -0.25) is 0 Å². The fraction of sp³-hybridized carbons (Fsp3) is 0.250. The van der Waals surface area contributed by atoms with Gasteiger partial charge in [0.15, 0.2) is 0 Å². The molecule has 0 bridgehead atoms. The van der Waals surface area contributed by atoms with Crippen molar-refractivity contribution in [2.24, 2.45) is 0 Å². The Kier molecular flexibility index (Phi) is 4.08. The molecule has 0 fully saturated rings. The number of hydrogen-bond donors (Lipinski definition) is 1. The van der Waals surface area contributed by atoms with E-state index in [9.17, 15) is 0 Å². The number of rotatable bonds is 4. The smallest absolute Gasteiger partial charge is 0.138 e. The van der Waals surface area contributed by atoms with Crippen LogP contribution in [0.4, 0.5) is 5.82 Å². The van der Waals surface area contributed by atoms with Gasteiger partial charge in [-0.15, -0.1) is 22.9 Å². The molecule has 1 N–H and O–H groups in total. The van der Waals surface area contributed by atoms with E-state index < -0.39 is 0 Å². The summed E-state index contributed by atoms with van der Waals surface area (Å²) in [6, 6.07) is 8.27. The number of nitrogens with zero attached hydrogens (tertiary/aromatic N) is 2. The maximum absolute atomic E-state index is 5.88. The molecule has 0 aliphatic carbocycles. The third-order valence-electron chi connectivity index (χ3n) is 3.57.